The Morgan fingerprint density at radius 2 is 2.00 bits per heavy atom. The monoisotopic (exact) mass is 365 g/mol. The summed E-state index contributed by atoms with van der Waals surface area (Å²) in [6.07, 6.45) is 0.524. The summed E-state index contributed by atoms with van der Waals surface area (Å²) in [5.41, 5.74) is 3.59. The van der Waals surface area contributed by atoms with Gasteiger partial charge in [0.05, 0.1) is 15.7 Å². The number of nitro benzene ring substituents is 1. The number of halogens is 2. The van der Waals surface area contributed by atoms with E-state index < -0.39 is 10.8 Å². The second-order valence-electron chi connectivity index (χ2n) is 4.78. The molecule has 0 heterocycles. The summed E-state index contributed by atoms with van der Waals surface area (Å²) in [6, 6.07) is 10.4. The molecule has 0 aromatic heterocycles. The van der Waals surface area contributed by atoms with Crippen LogP contribution in [0.25, 0.3) is 0 Å². The zero-order chi connectivity index (χ0) is 17.7. The van der Waals surface area contributed by atoms with Crippen LogP contribution in [0.3, 0.4) is 0 Å². The predicted octanol–water partition coefficient (Wildman–Crippen LogP) is 4.45. The van der Waals surface area contributed by atoms with Gasteiger partial charge in [0.1, 0.15) is 0 Å². The Labute approximate surface area is 148 Å². The summed E-state index contributed by atoms with van der Waals surface area (Å²) in [5.74, 6) is -0.547. The molecule has 124 valence electrons. The first kappa shape index (κ1) is 17.9. The van der Waals surface area contributed by atoms with E-state index in [2.05, 4.69) is 10.5 Å². The Morgan fingerprint density at radius 3 is 2.62 bits per heavy atom. The van der Waals surface area contributed by atoms with Crippen molar-refractivity contribution in [3.8, 4) is 0 Å². The second-order valence-corrected chi connectivity index (χ2v) is 5.63. The molecule has 2 aromatic rings. The fraction of sp³-hybridized carbons (Fsp3) is 0.125. The summed E-state index contributed by atoms with van der Waals surface area (Å²) in [7, 11) is 0. The van der Waals surface area contributed by atoms with Crippen LogP contribution in [0.15, 0.2) is 47.6 Å². The highest BCUT2D eigenvalue weighted by molar-refractivity contribution is 6.37. The minimum absolute atomic E-state index is 0.144. The standard InChI is InChI=1S/C16H13Cl2N3O3/c1-2-15(13-7-6-11(17)9-14(13)18)19-20-16(22)10-4-3-5-12(8-10)21(23)24/h3-9H,2H2,1H3,(H,20,22)/b19-15+. The number of hydrazone groups is 1. The van der Waals surface area contributed by atoms with Crippen LogP contribution in [0, 0.1) is 10.1 Å². The molecule has 1 amide bonds. The topological polar surface area (TPSA) is 84.6 Å². The molecule has 0 fully saturated rings. The van der Waals surface area contributed by atoms with Gasteiger partial charge in [0.25, 0.3) is 11.6 Å². The molecule has 0 bridgehead atoms. The molecule has 0 aliphatic heterocycles. The van der Waals surface area contributed by atoms with Crippen molar-refractivity contribution in [3.63, 3.8) is 0 Å². The van der Waals surface area contributed by atoms with Crippen LogP contribution >= 0.6 is 23.2 Å². The number of amides is 1. The van der Waals surface area contributed by atoms with Gasteiger partial charge in [0, 0.05) is 28.3 Å². The van der Waals surface area contributed by atoms with Crippen LogP contribution in [0.5, 0.6) is 0 Å². The van der Waals surface area contributed by atoms with Crippen LogP contribution in [0.4, 0.5) is 5.69 Å². The van der Waals surface area contributed by atoms with Crippen LogP contribution < -0.4 is 5.43 Å². The number of nitro groups is 1. The van der Waals surface area contributed by atoms with E-state index >= 15 is 0 Å². The first-order chi connectivity index (χ1) is 11.4. The van der Waals surface area contributed by atoms with Crippen molar-refractivity contribution in [1.29, 1.82) is 0 Å². The predicted molar refractivity (Wildman–Crippen MR) is 93.9 cm³/mol. The third-order valence-electron chi connectivity index (χ3n) is 3.19. The van der Waals surface area contributed by atoms with Crippen molar-refractivity contribution < 1.29 is 9.72 Å². The van der Waals surface area contributed by atoms with E-state index in [9.17, 15) is 14.9 Å². The molecule has 0 spiro atoms. The molecule has 0 unspecified atom stereocenters. The Kier molecular flexibility index (Phi) is 5.89. The van der Waals surface area contributed by atoms with Crippen LogP contribution in [0.2, 0.25) is 10.0 Å². The Balaban J connectivity index is 2.22. The lowest BCUT2D eigenvalue weighted by Crippen LogP contribution is -2.20. The van der Waals surface area contributed by atoms with Crippen molar-refractivity contribution in [3.05, 3.63) is 73.8 Å². The number of rotatable bonds is 5. The number of carbonyl (C=O) groups excluding carboxylic acids is 1. The zero-order valence-electron chi connectivity index (χ0n) is 12.6. The van der Waals surface area contributed by atoms with Crippen molar-refractivity contribution in [1.82, 2.24) is 5.43 Å². The van der Waals surface area contributed by atoms with Crippen molar-refractivity contribution >= 4 is 40.5 Å². The molecule has 1 N–H and O–H groups in total. The molecule has 6 nitrogen and oxygen atoms in total. The van der Waals surface area contributed by atoms with E-state index in [-0.39, 0.29) is 11.3 Å². The summed E-state index contributed by atoms with van der Waals surface area (Å²) in [6.45, 7) is 1.86. The maximum absolute atomic E-state index is 12.1. The first-order valence-corrected chi connectivity index (χ1v) is 7.74. The second kappa shape index (κ2) is 7.90. The maximum Gasteiger partial charge on any atom is 0.271 e. The van der Waals surface area contributed by atoms with Crippen LogP contribution in [-0.4, -0.2) is 16.5 Å². The molecule has 24 heavy (non-hydrogen) atoms. The lowest BCUT2D eigenvalue weighted by Gasteiger charge is -2.07. The SMILES string of the molecule is CC/C(=N\NC(=O)c1cccc([N+](=O)[O-])c1)c1ccc(Cl)cc1Cl. The van der Waals surface area contributed by atoms with E-state index in [4.69, 9.17) is 23.2 Å². The van der Waals surface area contributed by atoms with Gasteiger partial charge in [-0.3, -0.25) is 14.9 Å². The third kappa shape index (κ3) is 4.31. The highest BCUT2D eigenvalue weighted by atomic mass is 35.5. The smallest absolute Gasteiger partial charge is 0.267 e. The molecule has 0 saturated carbocycles. The van der Waals surface area contributed by atoms with Crippen LogP contribution in [-0.2, 0) is 0 Å². The Hall–Kier alpha value is -2.44. The van der Waals surface area contributed by atoms with E-state index in [1.165, 1.54) is 24.3 Å². The minimum Gasteiger partial charge on any atom is -0.267 e. The highest BCUT2D eigenvalue weighted by Crippen LogP contribution is 2.22. The number of nitrogens with zero attached hydrogens (tertiary/aromatic N) is 2. The number of hydrogen-bond acceptors (Lipinski definition) is 4. The van der Waals surface area contributed by atoms with Gasteiger partial charge < -0.3 is 0 Å². The minimum atomic E-state index is -0.564. The lowest BCUT2D eigenvalue weighted by atomic mass is 10.1. The molecule has 0 atom stereocenters. The first-order valence-electron chi connectivity index (χ1n) is 6.99. The largest absolute Gasteiger partial charge is 0.271 e. The number of hydrogen-bond donors (Lipinski definition) is 1. The van der Waals surface area contributed by atoms with Gasteiger partial charge in [-0.2, -0.15) is 5.10 Å². The van der Waals surface area contributed by atoms with Gasteiger partial charge in [-0.1, -0.05) is 42.3 Å². The summed E-state index contributed by atoms with van der Waals surface area (Å²) < 4.78 is 0. The van der Waals surface area contributed by atoms with Crippen LogP contribution in [0.1, 0.15) is 29.3 Å². The zero-order valence-corrected chi connectivity index (χ0v) is 14.1. The van der Waals surface area contributed by atoms with Gasteiger partial charge >= 0.3 is 0 Å². The van der Waals surface area contributed by atoms with E-state index in [1.807, 2.05) is 6.92 Å². The van der Waals surface area contributed by atoms with Crippen molar-refractivity contribution in [2.45, 2.75) is 13.3 Å². The van der Waals surface area contributed by atoms with Gasteiger partial charge in [-0.25, -0.2) is 5.43 Å². The fourth-order valence-electron chi connectivity index (χ4n) is 2.00. The van der Waals surface area contributed by atoms with Crippen molar-refractivity contribution in [2.24, 2.45) is 5.10 Å². The summed E-state index contributed by atoms with van der Waals surface area (Å²) in [4.78, 5) is 22.3. The Bertz CT molecular complexity index is 822. The number of non-ortho nitro benzene ring substituents is 1. The van der Waals surface area contributed by atoms with Crippen molar-refractivity contribution in [2.75, 3.05) is 0 Å². The molecule has 2 rings (SSSR count). The van der Waals surface area contributed by atoms with E-state index in [1.54, 1.807) is 18.2 Å². The molecule has 0 aliphatic rings. The summed E-state index contributed by atoms with van der Waals surface area (Å²) in [5, 5.41) is 15.8. The third-order valence-corrected chi connectivity index (χ3v) is 3.74. The molecular formula is C16H13Cl2N3O3. The normalized spacial score (nSPS) is 11.2. The average molecular weight is 366 g/mol. The molecule has 0 aliphatic carbocycles. The molecule has 0 radical (unpaired) electrons. The van der Waals surface area contributed by atoms with Gasteiger partial charge in [-0.15, -0.1) is 0 Å². The van der Waals surface area contributed by atoms with Gasteiger partial charge in [0.2, 0.25) is 0 Å². The molecule has 8 heteroatoms. The highest BCUT2D eigenvalue weighted by Gasteiger charge is 2.12. The molecule has 2 aromatic carbocycles. The molecular weight excluding hydrogens is 353 g/mol. The maximum atomic E-state index is 12.1. The van der Waals surface area contributed by atoms with E-state index in [0.29, 0.717) is 27.7 Å². The Morgan fingerprint density at radius 1 is 1.25 bits per heavy atom. The van der Waals surface area contributed by atoms with E-state index in [0.717, 1.165) is 0 Å². The summed E-state index contributed by atoms with van der Waals surface area (Å²) >= 11 is 12.0. The quantitative estimate of drug-likeness (QED) is 0.482. The fourth-order valence-corrected chi connectivity index (χ4v) is 2.51. The average Bonchev–Trinajstić information content (AvgIpc) is 2.56. The molecule has 0 saturated heterocycles. The lowest BCUT2D eigenvalue weighted by molar-refractivity contribution is -0.384. The number of carbonyl (C=O) groups is 1. The number of benzene rings is 2. The van der Waals surface area contributed by atoms with Gasteiger partial charge in [0.15, 0.2) is 0 Å². The number of nitrogens with one attached hydrogen (secondary N) is 1. The van der Waals surface area contributed by atoms with Gasteiger partial charge in [-0.05, 0) is 24.6 Å².